The molecule has 0 amide bonds. The van der Waals surface area contributed by atoms with E-state index >= 15 is 0 Å². The number of carboxylic acids is 1. The molecule has 0 bridgehead atoms. The normalized spacial score (nSPS) is 11.6. The molecule has 4 nitrogen and oxygen atoms in total. The Bertz CT molecular complexity index is 439. The fraction of sp³-hybridized carbons (Fsp3) is 0.273. The lowest BCUT2D eigenvalue weighted by atomic mass is 10.2. The first-order valence-corrected chi connectivity index (χ1v) is 5.06. The summed E-state index contributed by atoms with van der Waals surface area (Å²) in [4.78, 5) is 10.8. The van der Waals surface area contributed by atoms with Crippen LogP contribution in [-0.4, -0.2) is 17.2 Å². The molecule has 0 aromatic heterocycles. The SMILES string of the molecule is CCC(Oc1cccc(Cl)c1C#N)C(=O)O. The molecule has 1 N–H and O–H groups in total. The van der Waals surface area contributed by atoms with Crippen molar-refractivity contribution in [1.82, 2.24) is 0 Å². The van der Waals surface area contributed by atoms with Crippen LogP contribution in [0.3, 0.4) is 0 Å². The van der Waals surface area contributed by atoms with Gasteiger partial charge in [-0.15, -0.1) is 0 Å². The van der Waals surface area contributed by atoms with Crippen molar-refractivity contribution in [2.75, 3.05) is 0 Å². The molecule has 0 fully saturated rings. The average Bonchev–Trinajstić information content (AvgIpc) is 2.25. The number of halogens is 1. The summed E-state index contributed by atoms with van der Waals surface area (Å²) in [5, 5.41) is 17.9. The molecule has 0 heterocycles. The standard InChI is InChI=1S/C11H10ClNO3/c1-2-9(11(14)15)16-10-5-3-4-8(12)7(10)6-13/h3-5,9H,2H2,1H3,(H,14,15). The van der Waals surface area contributed by atoms with Gasteiger partial charge < -0.3 is 9.84 Å². The zero-order valence-electron chi connectivity index (χ0n) is 8.61. The van der Waals surface area contributed by atoms with Gasteiger partial charge in [-0.3, -0.25) is 0 Å². The van der Waals surface area contributed by atoms with Crippen molar-refractivity contribution in [2.45, 2.75) is 19.4 Å². The molecule has 1 rings (SSSR count). The number of aliphatic carboxylic acids is 1. The summed E-state index contributed by atoms with van der Waals surface area (Å²) in [6.07, 6.45) is -0.655. The van der Waals surface area contributed by atoms with Crippen LogP contribution >= 0.6 is 11.6 Å². The molecule has 5 heteroatoms. The molecule has 1 aromatic carbocycles. The maximum atomic E-state index is 10.8. The summed E-state index contributed by atoms with van der Waals surface area (Å²) in [6.45, 7) is 1.69. The van der Waals surface area contributed by atoms with Gasteiger partial charge in [-0.1, -0.05) is 24.6 Å². The Morgan fingerprint density at radius 1 is 1.69 bits per heavy atom. The summed E-state index contributed by atoms with van der Waals surface area (Å²) >= 11 is 5.79. The van der Waals surface area contributed by atoms with E-state index in [9.17, 15) is 4.79 Å². The summed E-state index contributed by atoms with van der Waals surface area (Å²) in [6, 6.07) is 6.56. The predicted molar refractivity (Wildman–Crippen MR) is 58.5 cm³/mol. The lowest BCUT2D eigenvalue weighted by Gasteiger charge is -2.14. The Labute approximate surface area is 98.0 Å². The third kappa shape index (κ3) is 2.65. The third-order valence-electron chi connectivity index (χ3n) is 2.00. The first-order chi connectivity index (χ1) is 7.60. The van der Waals surface area contributed by atoms with Crippen LogP contribution in [0, 0.1) is 11.3 Å². The van der Waals surface area contributed by atoms with Crippen LogP contribution in [0.5, 0.6) is 5.75 Å². The van der Waals surface area contributed by atoms with Gasteiger partial charge >= 0.3 is 5.97 Å². The van der Waals surface area contributed by atoms with Gasteiger partial charge in [0.15, 0.2) is 6.10 Å². The molecule has 16 heavy (non-hydrogen) atoms. The Balaban J connectivity index is 3.02. The minimum Gasteiger partial charge on any atom is -0.479 e. The minimum absolute atomic E-state index is 0.156. The van der Waals surface area contributed by atoms with Gasteiger partial charge in [-0.25, -0.2) is 4.79 Å². The Morgan fingerprint density at radius 2 is 2.38 bits per heavy atom. The molecule has 1 unspecified atom stereocenters. The first kappa shape index (κ1) is 12.3. The van der Waals surface area contributed by atoms with E-state index < -0.39 is 12.1 Å². The van der Waals surface area contributed by atoms with Gasteiger partial charge in [-0.2, -0.15) is 5.26 Å². The van der Waals surface area contributed by atoms with E-state index in [1.165, 1.54) is 6.07 Å². The predicted octanol–water partition coefficient (Wildman–Crippen LogP) is 2.45. The molecule has 1 atom stereocenters. The maximum Gasteiger partial charge on any atom is 0.344 e. The minimum atomic E-state index is -1.06. The van der Waals surface area contributed by atoms with Crippen LogP contribution in [-0.2, 0) is 4.79 Å². The topological polar surface area (TPSA) is 70.3 Å². The second kappa shape index (κ2) is 5.38. The molecular weight excluding hydrogens is 230 g/mol. The fourth-order valence-electron chi connectivity index (χ4n) is 1.17. The molecule has 0 saturated carbocycles. The van der Waals surface area contributed by atoms with Crippen molar-refractivity contribution in [2.24, 2.45) is 0 Å². The van der Waals surface area contributed by atoms with Crippen molar-refractivity contribution >= 4 is 17.6 Å². The van der Waals surface area contributed by atoms with Crippen molar-refractivity contribution in [3.05, 3.63) is 28.8 Å². The van der Waals surface area contributed by atoms with E-state index in [0.717, 1.165) is 0 Å². The summed E-state index contributed by atoms with van der Waals surface area (Å²) in [5.74, 6) is -0.865. The summed E-state index contributed by atoms with van der Waals surface area (Å²) in [7, 11) is 0. The van der Waals surface area contributed by atoms with E-state index in [-0.39, 0.29) is 16.3 Å². The molecule has 0 spiro atoms. The highest BCUT2D eigenvalue weighted by Gasteiger charge is 2.19. The summed E-state index contributed by atoms with van der Waals surface area (Å²) < 4.78 is 5.22. The van der Waals surface area contributed by atoms with Crippen LogP contribution in [0.2, 0.25) is 5.02 Å². The number of rotatable bonds is 4. The smallest absolute Gasteiger partial charge is 0.344 e. The number of ether oxygens (including phenoxy) is 1. The van der Waals surface area contributed by atoms with Gasteiger partial charge in [-0.05, 0) is 18.6 Å². The Morgan fingerprint density at radius 3 is 2.88 bits per heavy atom. The third-order valence-corrected chi connectivity index (χ3v) is 2.32. The monoisotopic (exact) mass is 239 g/mol. The van der Waals surface area contributed by atoms with Gasteiger partial charge in [0, 0.05) is 0 Å². The van der Waals surface area contributed by atoms with Crippen LogP contribution in [0.1, 0.15) is 18.9 Å². The van der Waals surface area contributed by atoms with Crippen molar-refractivity contribution < 1.29 is 14.6 Å². The molecule has 0 aliphatic heterocycles. The number of nitrogens with zero attached hydrogens (tertiary/aromatic N) is 1. The molecular formula is C11H10ClNO3. The van der Waals surface area contributed by atoms with Gasteiger partial charge in [0.1, 0.15) is 17.4 Å². The number of hydrogen-bond donors (Lipinski definition) is 1. The number of carbonyl (C=O) groups is 1. The van der Waals surface area contributed by atoms with E-state index in [1.54, 1.807) is 19.1 Å². The zero-order valence-corrected chi connectivity index (χ0v) is 9.36. The second-order valence-corrected chi connectivity index (χ2v) is 3.48. The molecule has 0 radical (unpaired) electrons. The lowest BCUT2D eigenvalue weighted by molar-refractivity contribution is -0.145. The first-order valence-electron chi connectivity index (χ1n) is 4.68. The molecule has 1 aromatic rings. The summed E-state index contributed by atoms with van der Waals surface area (Å²) in [5.41, 5.74) is 0.156. The van der Waals surface area contributed by atoms with Crippen molar-refractivity contribution in [3.8, 4) is 11.8 Å². The fourth-order valence-corrected chi connectivity index (χ4v) is 1.38. The lowest BCUT2D eigenvalue weighted by Crippen LogP contribution is -2.26. The Hall–Kier alpha value is -1.73. The molecule has 84 valence electrons. The maximum absolute atomic E-state index is 10.8. The highest BCUT2D eigenvalue weighted by molar-refractivity contribution is 6.31. The van der Waals surface area contributed by atoms with Gasteiger partial charge in [0.25, 0.3) is 0 Å². The quantitative estimate of drug-likeness (QED) is 0.876. The number of nitriles is 1. The van der Waals surface area contributed by atoms with Gasteiger partial charge in [0.05, 0.1) is 5.02 Å². The van der Waals surface area contributed by atoms with Crippen LogP contribution in [0.4, 0.5) is 0 Å². The number of benzene rings is 1. The second-order valence-electron chi connectivity index (χ2n) is 3.08. The highest BCUT2D eigenvalue weighted by Crippen LogP contribution is 2.26. The molecule has 0 aliphatic rings. The van der Waals surface area contributed by atoms with Crippen LogP contribution in [0.25, 0.3) is 0 Å². The van der Waals surface area contributed by atoms with E-state index in [4.69, 9.17) is 26.7 Å². The van der Waals surface area contributed by atoms with Crippen molar-refractivity contribution in [1.29, 1.82) is 5.26 Å². The van der Waals surface area contributed by atoms with E-state index in [1.807, 2.05) is 6.07 Å². The van der Waals surface area contributed by atoms with Crippen LogP contribution < -0.4 is 4.74 Å². The van der Waals surface area contributed by atoms with Crippen LogP contribution in [0.15, 0.2) is 18.2 Å². The van der Waals surface area contributed by atoms with E-state index in [0.29, 0.717) is 6.42 Å². The highest BCUT2D eigenvalue weighted by atomic mass is 35.5. The molecule has 0 saturated heterocycles. The average molecular weight is 240 g/mol. The number of carboxylic acid groups (broad SMARTS) is 1. The van der Waals surface area contributed by atoms with E-state index in [2.05, 4.69) is 0 Å². The van der Waals surface area contributed by atoms with Gasteiger partial charge in [0.2, 0.25) is 0 Å². The zero-order chi connectivity index (χ0) is 12.1. The largest absolute Gasteiger partial charge is 0.479 e. The Kier molecular flexibility index (Phi) is 4.15. The molecule has 0 aliphatic carbocycles. The van der Waals surface area contributed by atoms with Crippen molar-refractivity contribution in [3.63, 3.8) is 0 Å². The number of hydrogen-bond acceptors (Lipinski definition) is 3.